The average Bonchev–Trinajstić information content (AvgIpc) is 2.18. The van der Waals surface area contributed by atoms with E-state index in [1.807, 2.05) is 6.92 Å². The second kappa shape index (κ2) is 3.49. The van der Waals surface area contributed by atoms with Gasteiger partial charge in [0.15, 0.2) is 5.76 Å². The summed E-state index contributed by atoms with van der Waals surface area (Å²) >= 11 is 0. The molecule has 2 atom stereocenters. The number of fused-ring (bicyclic) bond motifs is 1. The summed E-state index contributed by atoms with van der Waals surface area (Å²) in [6, 6.07) is 0. The summed E-state index contributed by atoms with van der Waals surface area (Å²) in [6.45, 7) is 1.94. The van der Waals surface area contributed by atoms with Gasteiger partial charge in [0, 0.05) is 17.8 Å². The van der Waals surface area contributed by atoms with Crippen LogP contribution in [0.3, 0.4) is 0 Å². The maximum Gasteiger partial charge on any atom is 0.151 e. The van der Waals surface area contributed by atoms with Crippen LogP contribution in [0.25, 0.3) is 5.76 Å². The Morgan fingerprint density at radius 3 is 2.93 bits per heavy atom. The fourth-order valence-electron chi connectivity index (χ4n) is 1.50. The highest BCUT2D eigenvalue weighted by Gasteiger charge is 2.27. The van der Waals surface area contributed by atoms with Crippen LogP contribution in [0.1, 0.15) is 30.0 Å². The molecule has 0 aromatic carbocycles. The van der Waals surface area contributed by atoms with Crippen molar-refractivity contribution in [2.45, 2.75) is 18.6 Å². The van der Waals surface area contributed by atoms with Gasteiger partial charge in [-0.1, -0.05) is 6.92 Å². The number of aliphatic hydroxyl groups is 1. The summed E-state index contributed by atoms with van der Waals surface area (Å²) < 4.78 is 11.6. The van der Waals surface area contributed by atoms with Crippen molar-refractivity contribution in [3.63, 3.8) is 0 Å². The van der Waals surface area contributed by atoms with Gasteiger partial charge >= 0.3 is 0 Å². The Labute approximate surface area is 84.2 Å². The monoisotopic (exact) mass is 210 g/mol. The van der Waals surface area contributed by atoms with Crippen molar-refractivity contribution in [2.75, 3.05) is 0 Å². The summed E-state index contributed by atoms with van der Waals surface area (Å²) in [5.74, 6) is -0.0314. The first-order valence-corrected chi connectivity index (χ1v) is 5.63. The molecule has 0 saturated heterocycles. The minimum absolute atomic E-state index is 0.0314. The molecule has 0 saturated carbocycles. The lowest BCUT2D eigenvalue weighted by molar-refractivity contribution is 0.505. The van der Waals surface area contributed by atoms with E-state index in [9.17, 15) is 9.32 Å². The Balaban J connectivity index is 2.60. The predicted octanol–water partition coefficient (Wildman–Crippen LogP) is 1.55. The van der Waals surface area contributed by atoms with Crippen LogP contribution in [0.15, 0.2) is 17.8 Å². The minimum atomic E-state index is -1.18. The van der Waals surface area contributed by atoms with Gasteiger partial charge < -0.3 is 5.11 Å². The Hall–Kier alpha value is -1.23. The lowest BCUT2D eigenvalue weighted by atomic mass is 10.1. The van der Waals surface area contributed by atoms with Crippen LogP contribution in [0.5, 0.6) is 0 Å². The van der Waals surface area contributed by atoms with Crippen molar-refractivity contribution in [2.24, 2.45) is 0 Å². The van der Waals surface area contributed by atoms with Crippen LogP contribution in [0, 0.1) is 0 Å². The zero-order valence-electron chi connectivity index (χ0n) is 7.67. The molecule has 0 radical (unpaired) electrons. The van der Waals surface area contributed by atoms with Crippen LogP contribution in [0.2, 0.25) is 0 Å². The molecule has 2 rings (SSSR count). The number of rotatable bonds is 1. The SMILES string of the molecule is CCC1c2nccnc2C(O)=CS1=O. The van der Waals surface area contributed by atoms with Crippen molar-refractivity contribution in [3.8, 4) is 0 Å². The molecule has 4 nitrogen and oxygen atoms in total. The Morgan fingerprint density at radius 2 is 2.21 bits per heavy atom. The molecular formula is C9H10N2O2S. The molecule has 0 fully saturated rings. The Morgan fingerprint density at radius 1 is 1.50 bits per heavy atom. The highest BCUT2D eigenvalue weighted by Crippen LogP contribution is 2.32. The van der Waals surface area contributed by atoms with Crippen molar-refractivity contribution < 1.29 is 9.32 Å². The zero-order chi connectivity index (χ0) is 10.1. The summed E-state index contributed by atoms with van der Waals surface area (Å²) in [6.07, 6.45) is 3.79. The van der Waals surface area contributed by atoms with E-state index in [2.05, 4.69) is 9.97 Å². The zero-order valence-corrected chi connectivity index (χ0v) is 8.49. The second-order valence-electron chi connectivity index (χ2n) is 3.02. The van der Waals surface area contributed by atoms with E-state index in [-0.39, 0.29) is 11.0 Å². The summed E-state index contributed by atoms with van der Waals surface area (Å²) in [7, 11) is -1.18. The van der Waals surface area contributed by atoms with E-state index in [0.29, 0.717) is 11.4 Å². The third-order valence-corrected chi connectivity index (χ3v) is 3.73. The minimum Gasteiger partial charge on any atom is -0.505 e. The molecular weight excluding hydrogens is 200 g/mol. The molecule has 14 heavy (non-hydrogen) atoms. The number of hydrogen-bond acceptors (Lipinski definition) is 4. The van der Waals surface area contributed by atoms with Gasteiger partial charge in [0.05, 0.1) is 21.7 Å². The van der Waals surface area contributed by atoms with Crippen LogP contribution in [0.4, 0.5) is 0 Å². The van der Waals surface area contributed by atoms with Crippen molar-refractivity contribution >= 4 is 16.6 Å². The number of aliphatic hydroxyl groups excluding tert-OH is 1. The largest absolute Gasteiger partial charge is 0.505 e. The molecule has 1 aliphatic heterocycles. The van der Waals surface area contributed by atoms with Gasteiger partial charge in [0.1, 0.15) is 5.69 Å². The van der Waals surface area contributed by atoms with Crippen LogP contribution in [-0.4, -0.2) is 19.3 Å². The standard InChI is InChI=1S/C9H10N2O2S/c1-2-7-9-8(10-3-4-11-9)6(12)5-14(7)13/h3-5,7,12H,2H2,1H3. The van der Waals surface area contributed by atoms with Gasteiger partial charge in [-0.15, -0.1) is 0 Å². The topological polar surface area (TPSA) is 63.1 Å². The molecule has 0 aliphatic carbocycles. The Bertz CT molecular complexity index is 417. The van der Waals surface area contributed by atoms with E-state index >= 15 is 0 Å². The van der Waals surface area contributed by atoms with Gasteiger partial charge in [0.25, 0.3) is 0 Å². The molecule has 2 heterocycles. The van der Waals surface area contributed by atoms with E-state index in [1.165, 1.54) is 11.6 Å². The summed E-state index contributed by atoms with van der Waals surface area (Å²) in [5, 5.41) is 10.7. The van der Waals surface area contributed by atoms with Crippen molar-refractivity contribution in [1.82, 2.24) is 9.97 Å². The van der Waals surface area contributed by atoms with E-state index in [1.54, 1.807) is 6.20 Å². The fourth-order valence-corrected chi connectivity index (χ4v) is 2.71. The van der Waals surface area contributed by atoms with Gasteiger partial charge in [-0.3, -0.25) is 9.19 Å². The summed E-state index contributed by atoms with van der Waals surface area (Å²) in [4.78, 5) is 8.13. The van der Waals surface area contributed by atoms with Gasteiger partial charge in [-0.05, 0) is 6.42 Å². The maximum absolute atomic E-state index is 11.6. The number of aromatic nitrogens is 2. The highest BCUT2D eigenvalue weighted by molar-refractivity contribution is 7.88. The fraction of sp³-hybridized carbons (Fsp3) is 0.333. The van der Waals surface area contributed by atoms with Gasteiger partial charge in [0.2, 0.25) is 0 Å². The first-order chi connectivity index (χ1) is 6.74. The van der Waals surface area contributed by atoms with Crippen LogP contribution in [-0.2, 0) is 10.8 Å². The third-order valence-electron chi connectivity index (χ3n) is 2.15. The van der Waals surface area contributed by atoms with Gasteiger partial charge in [-0.25, -0.2) is 4.98 Å². The van der Waals surface area contributed by atoms with Crippen molar-refractivity contribution in [3.05, 3.63) is 29.2 Å². The summed E-state index contributed by atoms with van der Waals surface area (Å²) in [5.41, 5.74) is 1.09. The smallest absolute Gasteiger partial charge is 0.151 e. The van der Waals surface area contributed by atoms with Crippen molar-refractivity contribution in [1.29, 1.82) is 0 Å². The second-order valence-corrected chi connectivity index (χ2v) is 4.48. The van der Waals surface area contributed by atoms with E-state index < -0.39 is 10.8 Å². The average molecular weight is 210 g/mol. The van der Waals surface area contributed by atoms with Crippen LogP contribution >= 0.6 is 0 Å². The molecule has 1 aromatic rings. The first kappa shape index (κ1) is 9.33. The van der Waals surface area contributed by atoms with Crippen LogP contribution < -0.4 is 0 Å². The molecule has 74 valence electrons. The number of nitrogens with zero attached hydrogens (tertiary/aromatic N) is 2. The van der Waals surface area contributed by atoms with E-state index in [0.717, 1.165) is 6.42 Å². The molecule has 1 N–H and O–H groups in total. The van der Waals surface area contributed by atoms with Gasteiger partial charge in [-0.2, -0.15) is 0 Å². The lowest BCUT2D eigenvalue weighted by Gasteiger charge is -2.18. The molecule has 1 aromatic heterocycles. The van der Waals surface area contributed by atoms with E-state index in [4.69, 9.17) is 0 Å². The molecule has 1 aliphatic rings. The number of hydrogen-bond donors (Lipinski definition) is 1. The normalized spacial score (nSPS) is 25.4. The maximum atomic E-state index is 11.6. The molecule has 0 bridgehead atoms. The molecule has 0 amide bonds. The highest BCUT2D eigenvalue weighted by atomic mass is 32.2. The molecule has 0 spiro atoms. The predicted molar refractivity (Wildman–Crippen MR) is 53.8 cm³/mol. The molecule has 2 unspecified atom stereocenters. The molecule has 5 heteroatoms. The third kappa shape index (κ3) is 1.33. The quantitative estimate of drug-likeness (QED) is 0.763. The Kier molecular flexibility index (Phi) is 2.33. The lowest BCUT2D eigenvalue weighted by Crippen LogP contribution is -2.14. The first-order valence-electron chi connectivity index (χ1n) is 4.35.